The first-order chi connectivity index (χ1) is 6.75. The Labute approximate surface area is 80.8 Å². The Morgan fingerprint density at radius 3 is 2.79 bits per heavy atom. The van der Waals surface area contributed by atoms with Gasteiger partial charge in [0.25, 0.3) is 0 Å². The number of halogens is 1. The van der Waals surface area contributed by atoms with E-state index in [1.54, 1.807) is 12.3 Å². The molecule has 72 valence electrons. The molecule has 0 amide bonds. The van der Waals surface area contributed by atoms with Gasteiger partial charge in [-0.25, -0.2) is 4.39 Å². The lowest BCUT2D eigenvalue weighted by Crippen LogP contribution is -1.96. The molecule has 0 saturated carbocycles. The minimum absolute atomic E-state index is 0.334. The second-order valence-electron chi connectivity index (χ2n) is 2.94. The predicted molar refractivity (Wildman–Crippen MR) is 54.9 cm³/mol. The minimum Gasteiger partial charge on any atom is -0.397 e. The molecule has 0 aliphatic heterocycles. The van der Waals surface area contributed by atoms with Crippen LogP contribution in [0.1, 0.15) is 0 Å². The van der Waals surface area contributed by atoms with Crippen LogP contribution < -0.4 is 11.1 Å². The van der Waals surface area contributed by atoms with Gasteiger partial charge in [-0.15, -0.1) is 0 Å². The van der Waals surface area contributed by atoms with E-state index in [1.165, 1.54) is 12.1 Å². The largest absolute Gasteiger partial charge is 0.397 e. The van der Waals surface area contributed by atoms with Crippen molar-refractivity contribution in [2.75, 3.05) is 11.1 Å². The zero-order chi connectivity index (χ0) is 9.97. The van der Waals surface area contributed by atoms with Crippen LogP contribution in [0.2, 0.25) is 0 Å². The maximum atomic E-state index is 12.7. The van der Waals surface area contributed by atoms with Gasteiger partial charge in [-0.2, -0.15) is 0 Å². The summed E-state index contributed by atoms with van der Waals surface area (Å²) in [5.41, 5.74) is 6.70. The molecule has 0 aliphatic rings. The molecule has 2 aromatic rings. The molecular weight excluding hydrogens is 181 g/mol. The molecule has 0 radical (unpaired) electrons. The van der Waals surface area contributed by atoms with Crippen molar-refractivity contribution in [1.29, 1.82) is 0 Å². The summed E-state index contributed by atoms with van der Waals surface area (Å²) >= 11 is 0. The average molecular weight is 191 g/mol. The molecule has 0 spiro atoms. The first-order valence-electron chi connectivity index (χ1n) is 4.21. The average Bonchev–Trinajstić information content (AvgIpc) is 2.62. The van der Waals surface area contributed by atoms with Crippen LogP contribution in [-0.2, 0) is 0 Å². The molecule has 0 fully saturated rings. The summed E-state index contributed by atoms with van der Waals surface area (Å²) in [6.45, 7) is 0. The summed E-state index contributed by atoms with van der Waals surface area (Å²) in [5.74, 6) is 0.489. The van der Waals surface area contributed by atoms with Gasteiger partial charge in [0.15, 0.2) is 0 Å². The number of H-pyrrole nitrogens is 1. The summed E-state index contributed by atoms with van der Waals surface area (Å²) in [7, 11) is 0. The lowest BCUT2D eigenvalue weighted by Gasteiger charge is -2.06. The summed E-state index contributed by atoms with van der Waals surface area (Å²) in [5, 5.41) is 3.03. The van der Waals surface area contributed by atoms with Crippen molar-refractivity contribution in [3.8, 4) is 0 Å². The van der Waals surface area contributed by atoms with Crippen molar-refractivity contribution >= 4 is 17.2 Å². The standard InChI is InChI=1S/C10H10FN3/c11-7-3-4-9(8(12)6-7)14-10-2-1-5-13-10/h1-6,13-14H,12H2. The third-order valence-electron chi connectivity index (χ3n) is 1.88. The van der Waals surface area contributed by atoms with Crippen molar-refractivity contribution in [3.05, 3.63) is 42.3 Å². The van der Waals surface area contributed by atoms with Crippen molar-refractivity contribution in [2.24, 2.45) is 0 Å². The minimum atomic E-state index is -0.334. The maximum Gasteiger partial charge on any atom is 0.125 e. The fourth-order valence-electron chi connectivity index (χ4n) is 1.20. The van der Waals surface area contributed by atoms with Gasteiger partial charge in [0.05, 0.1) is 11.4 Å². The van der Waals surface area contributed by atoms with Gasteiger partial charge >= 0.3 is 0 Å². The lowest BCUT2D eigenvalue weighted by molar-refractivity contribution is 0.628. The number of aromatic nitrogens is 1. The zero-order valence-corrected chi connectivity index (χ0v) is 7.42. The molecule has 0 bridgehead atoms. The highest BCUT2D eigenvalue weighted by atomic mass is 19.1. The summed E-state index contributed by atoms with van der Waals surface area (Å²) in [4.78, 5) is 2.97. The van der Waals surface area contributed by atoms with Crippen LogP contribution in [0.3, 0.4) is 0 Å². The number of hydrogen-bond donors (Lipinski definition) is 3. The summed E-state index contributed by atoms with van der Waals surface area (Å²) in [6, 6.07) is 7.98. The monoisotopic (exact) mass is 191 g/mol. The summed E-state index contributed by atoms with van der Waals surface area (Å²) < 4.78 is 12.7. The van der Waals surface area contributed by atoms with Gasteiger partial charge in [0.1, 0.15) is 11.6 Å². The third-order valence-corrected chi connectivity index (χ3v) is 1.88. The molecule has 0 saturated heterocycles. The maximum absolute atomic E-state index is 12.7. The Morgan fingerprint density at radius 1 is 1.29 bits per heavy atom. The van der Waals surface area contributed by atoms with Crippen LogP contribution in [0.4, 0.5) is 21.6 Å². The van der Waals surface area contributed by atoms with Gasteiger partial charge in [-0.1, -0.05) is 0 Å². The molecule has 1 heterocycles. The molecule has 0 atom stereocenters. The summed E-state index contributed by atoms with van der Waals surface area (Å²) in [6.07, 6.45) is 1.79. The number of nitrogens with two attached hydrogens (primary N) is 1. The Morgan fingerprint density at radius 2 is 2.14 bits per heavy atom. The molecule has 1 aromatic heterocycles. The van der Waals surface area contributed by atoms with Gasteiger partial charge in [-0.05, 0) is 30.3 Å². The first kappa shape index (κ1) is 8.62. The second kappa shape index (κ2) is 3.41. The highest BCUT2D eigenvalue weighted by molar-refractivity contribution is 5.71. The molecule has 4 heteroatoms. The van der Waals surface area contributed by atoms with Gasteiger partial charge in [-0.3, -0.25) is 0 Å². The van der Waals surface area contributed by atoms with Crippen LogP contribution in [0.15, 0.2) is 36.5 Å². The van der Waals surface area contributed by atoms with Gasteiger partial charge in [0.2, 0.25) is 0 Å². The molecule has 0 aliphatic carbocycles. The number of benzene rings is 1. The lowest BCUT2D eigenvalue weighted by atomic mass is 10.2. The molecule has 4 N–H and O–H groups in total. The third kappa shape index (κ3) is 1.69. The van der Waals surface area contributed by atoms with Crippen LogP contribution >= 0.6 is 0 Å². The highest BCUT2D eigenvalue weighted by Gasteiger charge is 2.00. The van der Waals surface area contributed by atoms with E-state index in [9.17, 15) is 4.39 Å². The van der Waals surface area contributed by atoms with Gasteiger partial charge < -0.3 is 16.0 Å². The Bertz CT molecular complexity index is 423. The second-order valence-corrected chi connectivity index (χ2v) is 2.94. The van der Waals surface area contributed by atoms with Crippen molar-refractivity contribution in [3.63, 3.8) is 0 Å². The van der Waals surface area contributed by atoms with E-state index in [2.05, 4.69) is 10.3 Å². The number of rotatable bonds is 2. The van der Waals surface area contributed by atoms with Crippen LogP contribution in [0.25, 0.3) is 0 Å². The molecule has 1 aromatic carbocycles. The number of aromatic amines is 1. The van der Waals surface area contributed by atoms with E-state index in [1.807, 2.05) is 12.1 Å². The van der Waals surface area contributed by atoms with Gasteiger partial charge in [0, 0.05) is 6.20 Å². The Balaban J connectivity index is 2.25. The molecule has 14 heavy (non-hydrogen) atoms. The van der Waals surface area contributed by atoms with E-state index in [0.717, 1.165) is 5.82 Å². The number of nitrogen functional groups attached to an aromatic ring is 1. The van der Waals surface area contributed by atoms with E-state index in [4.69, 9.17) is 5.73 Å². The quantitative estimate of drug-likeness (QED) is 0.639. The van der Waals surface area contributed by atoms with Crippen LogP contribution in [-0.4, -0.2) is 4.98 Å². The molecule has 0 unspecified atom stereocenters. The molecular formula is C10H10FN3. The Hall–Kier alpha value is -1.97. The first-order valence-corrected chi connectivity index (χ1v) is 4.21. The Kier molecular flexibility index (Phi) is 2.10. The zero-order valence-electron chi connectivity index (χ0n) is 7.42. The fourth-order valence-corrected chi connectivity index (χ4v) is 1.20. The van der Waals surface area contributed by atoms with Crippen LogP contribution in [0.5, 0.6) is 0 Å². The van der Waals surface area contributed by atoms with E-state index in [-0.39, 0.29) is 5.82 Å². The van der Waals surface area contributed by atoms with E-state index >= 15 is 0 Å². The predicted octanol–water partition coefficient (Wildman–Crippen LogP) is 2.48. The van der Waals surface area contributed by atoms with Crippen molar-refractivity contribution < 1.29 is 4.39 Å². The normalized spacial score (nSPS) is 10.1. The van der Waals surface area contributed by atoms with E-state index in [0.29, 0.717) is 11.4 Å². The van der Waals surface area contributed by atoms with Crippen LogP contribution in [0, 0.1) is 5.82 Å². The fraction of sp³-hybridized carbons (Fsp3) is 0. The number of anilines is 3. The highest BCUT2D eigenvalue weighted by Crippen LogP contribution is 2.22. The topological polar surface area (TPSA) is 53.8 Å². The SMILES string of the molecule is Nc1cc(F)ccc1Nc1ccc[nH]1. The molecule has 3 nitrogen and oxygen atoms in total. The number of nitrogens with one attached hydrogen (secondary N) is 2. The van der Waals surface area contributed by atoms with E-state index < -0.39 is 0 Å². The smallest absolute Gasteiger partial charge is 0.125 e. The molecule has 2 rings (SSSR count). The van der Waals surface area contributed by atoms with Crippen molar-refractivity contribution in [2.45, 2.75) is 0 Å². The van der Waals surface area contributed by atoms with Crippen molar-refractivity contribution in [1.82, 2.24) is 4.98 Å². The number of hydrogen-bond acceptors (Lipinski definition) is 2.